The summed E-state index contributed by atoms with van der Waals surface area (Å²) >= 11 is 0. The average Bonchev–Trinajstić information content (AvgIpc) is 3.15. The Bertz CT molecular complexity index is 913. The Hall–Kier alpha value is -3.22. The second-order valence-corrected chi connectivity index (χ2v) is 7.22. The monoisotopic (exact) mass is 377 g/mol. The number of nitrogens with one attached hydrogen (secondary N) is 1. The van der Waals surface area contributed by atoms with Gasteiger partial charge in [0.1, 0.15) is 0 Å². The Morgan fingerprint density at radius 1 is 1.18 bits per heavy atom. The van der Waals surface area contributed by atoms with Gasteiger partial charge in [0.15, 0.2) is 0 Å². The van der Waals surface area contributed by atoms with E-state index in [1.165, 1.54) is 5.01 Å². The number of anilines is 1. The number of nitrogens with zero attached hydrogens (tertiary/aromatic N) is 4. The first-order chi connectivity index (χ1) is 13.5. The lowest BCUT2D eigenvalue weighted by molar-refractivity contribution is -0.131. The Morgan fingerprint density at radius 2 is 1.93 bits per heavy atom. The van der Waals surface area contributed by atoms with E-state index in [9.17, 15) is 9.59 Å². The predicted molar refractivity (Wildman–Crippen MR) is 107 cm³/mol. The van der Waals surface area contributed by atoms with E-state index in [0.717, 1.165) is 34.5 Å². The van der Waals surface area contributed by atoms with Gasteiger partial charge < -0.3 is 10.2 Å². The third kappa shape index (κ3) is 3.47. The molecule has 144 valence electrons. The lowest BCUT2D eigenvalue weighted by Crippen LogP contribution is -2.34. The van der Waals surface area contributed by atoms with E-state index >= 15 is 0 Å². The minimum atomic E-state index is -0.129. The van der Waals surface area contributed by atoms with Crippen LogP contribution in [0.5, 0.6) is 0 Å². The zero-order chi connectivity index (χ0) is 19.7. The number of pyridine rings is 1. The fraction of sp³-hybridized carbons (Fsp3) is 0.333. The number of hydrogen-bond donors (Lipinski definition) is 1. The Labute approximate surface area is 164 Å². The lowest BCUT2D eigenvalue weighted by Gasteiger charge is -2.26. The van der Waals surface area contributed by atoms with E-state index in [0.29, 0.717) is 19.5 Å². The number of urea groups is 1. The first-order valence-corrected chi connectivity index (χ1v) is 9.48. The van der Waals surface area contributed by atoms with Gasteiger partial charge in [0.2, 0.25) is 5.91 Å². The van der Waals surface area contributed by atoms with Gasteiger partial charge in [-0.25, -0.2) is 9.80 Å². The minimum Gasteiger partial charge on any atom is -0.316 e. The second kappa shape index (κ2) is 7.42. The summed E-state index contributed by atoms with van der Waals surface area (Å²) < 4.78 is 0. The molecule has 1 aromatic carbocycles. The number of carbonyl (C=O) groups excluding carboxylic acids is 2. The molecule has 0 saturated heterocycles. The van der Waals surface area contributed by atoms with Crippen LogP contribution in [-0.2, 0) is 17.9 Å². The molecule has 2 aliphatic heterocycles. The summed E-state index contributed by atoms with van der Waals surface area (Å²) in [5.74, 6) is 0.169. The van der Waals surface area contributed by atoms with Gasteiger partial charge in [-0.3, -0.25) is 9.78 Å². The summed E-state index contributed by atoms with van der Waals surface area (Å²) in [6, 6.07) is 9.48. The van der Waals surface area contributed by atoms with Crippen LogP contribution in [0.25, 0.3) is 0 Å². The van der Waals surface area contributed by atoms with Crippen molar-refractivity contribution in [2.45, 2.75) is 32.9 Å². The topological polar surface area (TPSA) is 77.9 Å². The smallest absolute Gasteiger partial charge is 0.316 e. The Morgan fingerprint density at radius 3 is 2.64 bits per heavy atom. The first kappa shape index (κ1) is 18.2. The highest BCUT2D eigenvalue weighted by atomic mass is 16.2. The molecule has 2 aromatic rings. The third-order valence-corrected chi connectivity index (χ3v) is 5.37. The van der Waals surface area contributed by atoms with Crippen molar-refractivity contribution in [3.63, 3.8) is 0 Å². The number of rotatable bonds is 3. The molecular weight excluding hydrogens is 354 g/mol. The summed E-state index contributed by atoms with van der Waals surface area (Å²) in [5.41, 5.74) is 4.86. The number of hydrazone groups is 1. The molecular formula is C21H23N5O2. The molecule has 4 rings (SSSR count). The largest absolute Gasteiger partial charge is 0.322 e. The molecule has 3 heterocycles. The second-order valence-electron chi connectivity index (χ2n) is 7.22. The summed E-state index contributed by atoms with van der Waals surface area (Å²) in [7, 11) is 1.69. The fourth-order valence-corrected chi connectivity index (χ4v) is 3.66. The van der Waals surface area contributed by atoms with Gasteiger partial charge in [-0.15, -0.1) is 0 Å². The molecule has 1 unspecified atom stereocenters. The number of aromatic nitrogens is 1. The molecule has 3 amide bonds. The van der Waals surface area contributed by atoms with Crippen LogP contribution in [0.2, 0.25) is 0 Å². The minimum absolute atomic E-state index is 0.0429. The molecule has 0 radical (unpaired) electrons. The standard InChI is InChI=1S/C21H23N5O2/c1-3-14-10-19(27)25(2)24-20(14)15-4-6-18(7-5-15)23-21(28)26-12-16-8-9-22-11-17(16)13-26/h4-9,11,14H,3,10,12-13H2,1-2H3,(H,23,28). The zero-order valence-electron chi connectivity index (χ0n) is 16.1. The average molecular weight is 377 g/mol. The molecule has 0 bridgehead atoms. The van der Waals surface area contributed by atoms with Crippen LogP contribution in [0.15, 0.2) is 47.8 Å². The number of fused-ring (bicyclic) bond motifs is 1. The molecule has 0 saturated carbocycles. The maximum Gasteiger partial charge on any atom is 0.322 e. The molecule has 7 heteroatoms. The molecule has 1 N–H and O–H groups in total. The summed E-state index contributed by atoms with van der Waals surface area (Å²) in [6.07, 6.45) is 4.91. The molecule has 0 spiro atoms. The van der Waals surface area contributed by atoms with Crippen LogP contribution >= 0.6 is 0 Å². The van der Waals surface area contributed by atoms with E-state index in [1.807, 2.05) is 36.5 Å². The summed E-state index contributed by atoms with van der Waals surface area (Å²) in [6.45, 7) is 3.23. The molecule has 1 aromatic heterocycles. The molecule has 28 heavy (non-hydrogen) atoms. The van der Waals surface area contributed by atoms with Gasteiger partial charge in [0.25, 0.3) is 0 Å². The highest BCUT2D eigenvalue weighted by Gasteiger charge is 2.27. The van der Waals surface area contributed by atoms with Crippen molar-refractivity contribution in [1.29, 1.82) is 0 Å². The molecule has 2 aliphatic rings. The maximum absolute atomic E-state index is 12.6. The molecule has 1 atom stereocenters. The molecule has 0 fully saturated rings. The Kier molecular flexibility index (Phi) is 4.81. The van der Waals surface area contributed by atoms with Crippen molar-refractivity contribution in [3.05, 3.63) is 59.4 Å². The van der Waals surface area contributed by atoms with Gasteiger partial charge in [-0.1, -0.05) is 19.1 Å². The highest BCUT2D eigenvalue weighted by Crippen LogP contribution is 2.25. The van der Waals surface area contributed by atoms with E-state index in [4.69, 9.17) is 0 Å². The van der Waals surface area contributed by atoms with Gasteiger partial charge in [-0.2, -0.15) is 5.10 Å². The SMILES string of the molecule is CCC1CC(=O)N(C)N=C1c1ccc(NC(=O)N2Cc3ccncc3C2)cc1. The number of amides is 3. The van der Waals surface area contributed by atoms with Crippen molar-refractivity contribution in [3.8, 4) is 0 Å². The van der Waals surface area contributed by atoms with E-state index in [-0.39, 0.29) is 17.9 Å². The normalized spacial score (nSPS) is 18.7. The van der Waals surface area contributed by atoms with Gasteiger partial charge >= 0.3 is 6.03 Å². The molecule has 0 aliphatic carbocycles. The van der Waals surface area contributed by atoms with Crippen molar-refractivity contribution in [2.75, 3.05) is 12.4 Å². The van der Waals surface area contributed by atoms with Crippen LogP contribution < -0.4 is 5.32 Å². The van der Waals surface area contributed by atoms with Crippen LogP contribution in [-0.4, -0.2) is 39.6 Å². The highest BCUT2D eigenvalue weighted by molar-refractivity contribution is 6.06. The van der Waals surface area contributed by atoms with Crippen molar-refractivity contribution < 1.29 is 9.59 Å². The van der Waals surface area contributed by atoms with Crippen LogP contribution in [0.1, 0.15) is 36.5 Å². The van der Waals surface area contributed by atoms with Crippen molar-refractivity contribution in [2.24, 2.45) is 11.0 Å². The predicted octanol–water partition coefficient (Wildman–Crippen LogP) is 3.22. The van der Waals surface area contributed by atoms with Gasteiger partial charge in [0, 0.05) is 50.6 Å². The van der Waals surface area contributed by atoms with Gasteiger partial charge in [-0.05, 0) is 41.3 Å². The fourth-order valence-electron chi connectivity index (χ4n) is 3.66. The summed E-state index contributed by atoms with van der Waals surface area (Å²) in [5, 5.41) is 8.83. The lowest BCUT2D eigenvalue weighted by atomic mass is 9.90. The zero-order valence-corrected chi connectivity index (χ0v) is 16.1. The van der Waals surface area contributed by atoms with Crippen LogP contribution in [0.3, 0.4) is 0 Å². The first-order valence-electron chi connectivity index (χ1n) is 9.48. The van der Waals surface area contributed by atoms with E-state index in [2.05, 4.69) is 22.3 Å². The third-order valence-electron chi connectivity index (χ3n) is 5.37. The molecule has 7 nitrogen and oxygen atoms in total. The van der Waals surface area contributed by atoms with Crippen molar-refractivity contribution >= 4 is 23.3 Å². The van der Waals surface area contributed by atoms with E-state index in [1.54, 1.807) is 18.1 Å². The summed E-state index contributed by atoms with van der Waals surface area (Å²) in [4.78, 5) is 30.3. The number of benzene rings is 1. The van der Waals surface area contributed by atoms with E-state index < -0.39 is 0 Å². The quantitative estimate of drug-likeness (QED) is 0.892. The Balaban J connectivity index is 1.45. The van der Waals surface area contributed by atoms with Gasteiger partial charge in [0.05, 0.1) is 5.71 Å². The maximum atomic E-state index is 12.6. The van der Waals surface area contributed by atoms with Crippen molar-refractivity contribution in [1.82, 2.24) is 14.9 Å². The number of carbonyl (C=O) groups is 2. The van der Waals surface area contributed by atoms with Crippen LogP contribution in [0.4, 0.5) is 10.5 Å². The number of hydrogen-bond acceptors (Lipinski definition) is 4. The van der Waals surface area contributed by atoms with Crippen LogP contribution in [0, 0.1) is 5.92 Å².